The minimum atomic E-state index is -1.92. The number of fused-ring (bicyclic) bond motifs is 3. The molecule has 0 aliphatic carbocycles. The molecule has 3 aromatic rings. The molecule has 3 saturated heterocycles. The fourth-order valence-corrected chi connectivity index (χ4v) is 8.83. The van der Waals surface area contributed by atoms with Gasteiger partial charge in [-0.25, -0.2) is 0 Å². The first-order valence-corrected chi connectivity index (χ1v) is 12.6. The van der Waals surface area contributed by atoms with E-state index in [0.717, 1.165) is 6.16 Å². The van der Waals surface area contributed by atoms with E-state index in [1.165, 1.54) is 15.9 Å². The molecule has 31 heavy (non-hydrogen) atoms. The van der Waals surface area contributed by atoms with Gasteiger partial charge in [-0.3, -0.25) is 0 Å². The van der Waals surface area contributed by atoms with Crippen molar-refractivity contribution in [3.63, 3.8) is 0 Å². The summed E-state index contributed by atoms with van der Waals surface area (Å²) in [5.74, 6) is -0.915. The van der Waals surface area contributed by atoms with Crippen LogP contribution in [0.5, 0.6) is 0 Å². The zero-order chi connectivity index (χ0) is 20.5. The molecule has 3 aliphatic heterocycles. The molecule has 6 rings (SSSR count). The Labute approximate surface area is 202 Å². The van der Waals surface area contributed by atoms with Gasteiger partial charge in [0.15, 0.2) is 0 Å². The van der Waals surface area contributed by atoms with Crippen LogP contribution in [0.4, 0.5) is 0 Å². The van der Waals surface area contributed by atoms with Crippen molar-refractivity contribution in [1.82, 2.24) is 0 Å². The van der Waals surface area contributed by atoms with Gasteiger partial charge < -0.3 is 38.2 Å². The highest BCUT2D eigenvalue weighted by Gasteiger charge is 2.54. The highest BCUT2D eigenvalue weighted by molar-refractivity contribution is 7.95. The number of rotatable bonds is 6. The molecule has 0 atom stereocenters. The smallest absolute Gasteiger partial charge is 0.286 e. The molecule has 0 radical (unpaired) electrons. The molecule has 3 aliphatic rings. The summed E-state index contributed by atoms with van der Waals surface area (Å²) >= 11 is 0. The molecule has 0 spiro atoms. The van der Waals surface area contributed by atoms with Crippen LogP contribution >= 0.6 is 7.26 Å². The van der Waals surface area contributed by atoms with Gasteiger partial charge in [0.05, 0.1) is 32.4 Å². The Hall–Kier alpha value is -1.30. The van der Waals surface area contributed by atoms with E-state index in [0.29, 0.717) is 26.2 Å². The molecule has 3 fully saturated rings. The van der Waals surface area contributed by atoms with Crippen molar-refractivity contribution < 1.29 is 38.2 Å². The highest BCUT2D eigenvalue weighted by Crippen LogP contribution is 2.57. The summed E-state index contributed by atoms with van der Waals surface area (Å²) in [4.78, 5) is 0. The Morgan fingerprint density at radius 3 is 1.35 bits per heavy atom. The summed E-state index contributed by atoms with van der Waals surface area (Å²) in [5.41, 5.74) is -0.0216. The van der Waals surface area contributed by atoms with Gasteiger partial charge >= 0.3 is 0 Å². The van der Waals surface area contributed by atoms with E-state index in [1.807, 2.05) is 0 Å². The van der Waals surface area contributed by atoms with Crippen LogP contribution in [0.1, 0.15) is 13.3 Å². The third-order valence-electron chi connectivity index (χ3n) is 6.27. The van der Waals surface area contributed by atoms with Crippen LogP contribution in [0.3, 0.4) is 0 Å². The second-order valence-corrected chi connectivity index (χ2v) is 12.3. The predicted molar refractivity (Wildman–Crippen MR) is 123 cm³/mol. The zero-order valence-corrected chi connectivity index (χ0v) is 20.8. The quantitative estimate of drug-likeness (QED) is 0.343. The Kier molecular flexibility index (Phi) is 6.85. The van der Waals surface area contributed by atoms with Crippen molar-refractivity contribution in [3.05, 3.63) is 91.0 Å². The Bertz CT molecular complexity index is 860. The first-order chi connectivity index (χ1) is 14.6. The molecule has 3 aromatic carbocycles. The fraction of sp³-hybridized carbons (Fsp3) is 0.308. The van der Waals surface area contributed by atoms with E-state index >= 15 is 0 Å². The average Bonchev–Trinajstić information content (AvgIpc) is 2.83. The minimum Gasteiger partial charge on any atom is -1.00 e. The van der Waals surface area contributed by atoms with Gasteiger partial charge in [-0.05, 0) is 36.4 Å². The lowest BCUT2D eigenvalue weighted by Crippen LogP contribution is -3.00. The molecule has 2 bridgehead atoms. The van der Waals surface area contributed by atoms with Crippen LogP contribution in [-0.2, 0) is 14.2 Å². The second-order valence-electron chi connectivity index (χ2n) is 8.65. The molecular formula is C26H28IO3P. The molecule has 5 heteroatoms. The Morgan fingerprint density at radius 1 is 0.645 bits per heavy atom. The molecule has 3 nitrogen and oxygen atoms in total. The fourth-order valence-electron chi connectivity index (χ4n) is 4.51. The van der Waals surface area contributed by atoms with Gasteiger partial charge in [0.2, 0.25) is 0 Å². The van der Waals surface area contributed by atoms with Crippen molar-refractivity contribution in [2.45, 2.75) is 19.3 Å². The molecule has 162 valence electrons. The maximum absolute atomic E-state index is 6.14. The molecule has 0 N–H and O–H groups in total. The number of halogens is 1. The molecule has 0 aromatic heterocycles. The van der Waals surface area contributed by atoms with Gasteiger partial charge in [0.25, 0.3) is 5.97 Å². The van der Waals surface area contributed by atoms with E-state index in [9.17, 15) is 0 Å². The normalized spacial score (nSPS) is 25.1. The van der Waals surface area contributed by atoms with E-state index in [-0.39, 0.29) is 29.4 Å². The predicted octanol–water partition coefficient (Wildman–Crippen LogP) is 1.11. The number of ether oxygens (including phenoxy) is 3. The van der Waals surface area contributed by atoms with Gasteiger partial charge in [0.1, 0.15) is 23.2 Å². The molecule has 0 amide bonds. The summed E-state index contributed by atoms with van der Waals surface area (Å²) in [7, 11) is -1.92. The maximum atomic E-state index is 6.14. The third-order valence-corrected chi connectivity index (χ3v) is 10.7. The lowest BCUT2D eigenvalue weighted by Gasteiger charge is -2.50. The summed E-state index contributed by atoms with van der Waals surface area (Å²) in [6.07, 6.45) is 1.62. The first-order valence-electron chi connectivity index (χ1n) is 10.6. The third kappa shape index (κ3) is 4.34. The van der Waals surface area contributed by atoms with Gasteiger partial charge in [0, 0.05) is 5.41 Å². The average molecular weight is 546 g/mol. The second kappa shape index (κ2) is 9.29. The molecule has 3 heterocycles. The topological polar surface area (TPSA) is 27.7 Å². The summed E-state index contributed by atoms with van der Waals surface area (Å²) < 4.78 is 18.4. The maximum Gasteiger partial charge on any atom is 0.286 e. The summed E-state index contributed by atoms with van der Waals surface area (Å²) in [6, 6.07) is 32.7. The van der Waals surface area contributed by atoms with Crippen LogP contribution in [0.2, 0.25) is 0 Å². The van der Waals surface area contributed by atoms with E-state index in [1.54, 1.807) is 0 Å². The molecule has 0 unspecified atom stereocenters. The number of benzene rings is 3. The minimum absolute atomic E-state index is 0. The van der Waals surface area contributed by atoms with Crippen molar-refractivity contribution in [2.24, 2.45) is 5.41 Å². The van der Waals surface area contributed by atoms with Crippen LogP contribution in [0, 0.1) is 5.41 Å². The van der Waals surface area contributed by atoms with Crippen LogP contribution in [0.25, 0.3) is 0 Å². The number of hydrogen-bond donors (Lipinski definition) is 0. The van der Waals surface area contributed by atoms with E-state index < -0.39 is 13.2 Å². The molecule has 0 saturated carbocycles. The lowest BCUT2D eigenvalue weighted by molar-refractivity contribution is -0.465. The zero-order valence-electron chi connectivity index (χ0n) is 17.7. The van der Waals surface area contributed by atoms with Gasteiger partial charge in [-0.1, -0.05) is 61.5 Å². The standard InChI is InChI=1S/C26H28O3P.HI/c1-25-19-27-26(28-20-25,29-21-25)17-18-30(22-11-5-2-6-12-22,23-13-7-3-8-14-23)24-15-9-4-10-16-24;/h2-16H,17-21H2,1H3;1H/q+1;/p-1. The lowest BCUT2D eigenvalue weighted by atomic mass is 9.91. The van der Waals surface area contributed by atoms with Crippen LogP contribution in [-0.4, -0.2) is 32.0 Å². The van der Waals surface area contributed by atoms with Gasteiger partial charge in [-0.2, -0.15) is 0 Å². The summed E-state index contributed by atoms with van der Waals surface area (Å²) in [6.45, 7) is 4.24. The number of hydrogen-bond acceptors (Lipinski definition) is 3. The van der Waals surface area contributed by atoms with E-state index in [2.05, 4.69) is 97.9 Å². The SMILES string of the molecule is CC12COC(CC[P+](c3ccccc3)(c3ccccc3)c3ccccc3)(OC1)OC2.[I-]. The summed E-state index contributed by atoms with van der Waals surface area (Å²) in [5, 5.41) is 4.11. The van der Waals surface area contributed by atoms with Crippen molar-refractivity contribution >= 4 is 23.2 Å². The van der Waals surface area contributed by atoms with Crippen molar-refractivity contribution in [3.8, 4) is 0 Å². The first kappa shape index (κ1) is 22.9. The van der Waals surface area contributed by atoms with Crippen LogP contribution in [0.15, 0.2) is 91.0 Å². The largest absolute Gasteiger partial charge is 1.00 e. The Balaban J connectivity index is 0.00000231. The molecular weight excluding hydrogens is 518 g/mol. The monoisotopic (exact) mass is 546 g/mol. The van der Waals surface area contributed by atoms with Crippen molar-refractivity contribution in [1.29, 1.82) is 0 Å². The van der Waals surface area contributed by atoms with Crippen LogP contribution < -0.4 is 39.9 Å². The highest BCUT2D eigenvalue weighted by atomic mass is 127. The van der Waals surface area contributed by atoms with Gasteiger partial charge in [-0.15, -0.1) is 0 Å². The van der Waals surface area contributed by atoms with Crippen molar-refractivity contribution in [2.75, 3.05) is 26.0 Å². The Morgan fingerprint density at radius 2 is 1.00 bits per heavy atom. The van der Waals surface area contributed by atoms with E-state index in [4.69, 9.17) is 14.2 Å².